The van der Waals surface area contributed by atoms with Gasteiger partial charge in [-0.25, -0.2) is 0 Å². The van der Waals surface area contributed by atoms with Gasteiger partial charge in [0.1, 0.15) is 0 Å². The van der Waals surface area contributed by atoms with E-state index in [9.17, 15) is 0 Å². The van der Waals surface area contributed by atoms with Crippen LogP contribution in [0.3, 0.4) is 0 Å². The molecule has 0 atom stereocenters. The number of likely N-dealkylation sites (N-methyl/N-ethyl adjacent to an activating group) is 1. The highest BCUT2D eigenvalue weighted by atomic mass is 16.5. The fraction of sp³-hybridized carbons (Fsp3) is 0.500. The van der Waals surface area contributed by atoms with Gasteiger partial charge < -0.3 is 4.74 Å². The molecule has 0 fully saturated rings. The van der Waals surface area contributed by atoms with E-state index in [1.807, 2.05) is 0 Å². The van der Waals surface area contributed by atoms with Gasteiger partial charge in [0.2, 0.25) is 0 Å². The minimum Gasteiger partial charge on any atom is -0.375 e. The zero-order chi connectivity index (χ0) is 9.80. The van der Waals surface area contributed by atoms with Crippen LogP contribution in [0.5, 0.6) is 0 Å². The van der Waals surface area contributed by atoms with Crippen molar-refractivity contribution in [3.05, 3.63) is 35.4 Å². The summed E-state index contributed by atoms with van der Waals surface area (Å²) in [6.07, 6.45) is 0. The van der Waals surface area contributed by atoms with Crippen molar-refractivity contribution >= 4 is 0 Å². The number of hydrogen-bond donors (Lipinski definition) is 0. The fourth-order valence-electron chi connectivity index (χ4n) is 1.82. The van der Waals surface area contributed by atoms with Gasteiger partial charge in [-0.2, -0.15) is 0 Å². The monoisotopic (exact) mass is 191 g/mol. The lowest BCUT2D eigenvalue weighted by molar-refractivity contribution is 0.0826. The van der Waals surface area contributed by atoms with Crippen LogP contribution in [-0.4, -0.2) is 24.6 Å². The van der Waals surface area contributed by atoms with Gasteiger partial charge in [-0.1, -0.05) is 31.2 Å². The highest BCUT2D eigenvalue weighted by Gasteiger charge is 2.10. The molecule has 1 aromatic carbocycles. The normalized spacial score (nSPS) is 18.4. The second-order valence-electron chi connectivity index (χ2n) is 3.69. The first kappa shape index (κ1) is 9.69. The van der Waals surface area contributed by atoms with Crippen molar-refractivity contribution < 1.29 is 4.74 Å². The zero-order valence-electron chi connectivity index (χ0n) is 8.70. The Balaban J connectivity index is 2.21. The second-order valence-corrected chi connectivity index (χ2v) is 3.69. The van der Waals surface area contributed by atoms with Gasteiger partial charge in [0.15, 0.2) is 0 Å². The molecule has 2 rings (SSSR count). The molecule has 1 heterocycles. The maximum absolute atomic E-state index is 5.59. The van der Waals surface area contributed by atoms with Crippen molar-refractivity contribution in [1.82, 2.24) is 4.90 Å². The van der Waals surface area contributed by atoms with Crippen molar-refractivity contribution in [3.63, 3.8) is 0 Å². The van der Waals surface area contributed by atoms with Crippen molar-refractivity contribution in [2.45, 2.75) is 20.1 Å². The predicted molar refractivity (Wildman–Crippen MR) is 57.0 cm³/mol. The summed E-state index contributed by atoms with van der Waals surface area (Å²) in [5.74, 6) is 0. The van der Waals surface area contributed by atoms with Crippen molar-refractivity contribution in [2.24, 2.45) is 0 Å². The van der Waals surface area contributed by atoms with Gasteiger partial charge in [-0.15, -0.1) is 0 Å². The molecule has 0 aromatic heterocycles. The molecular formula is C12H17NO. The first-order chi connectivity index (χ1) is 6.90. The van der Waals surface area contributed by atoms with Crippen molar-refractivity contribution in [2.75, 3.05) is 19.7 Å². The van der Waals surface area contributed by atoms with Gasteiger partial charge >= 0.3 is 0 Å². The summed E-state index contributed by atoms with van der Waals surface area (Å²) >= 11 is 0. The average molecular weight is 191 g/mol. The van der Waals surface area contributed by atoms with E-state index in [0.29, 0.717) is 0 Å². The summed E-state index contributed by atoms with van der Waals surface area (Å²) < 4.78 is 5.59. The lowest BCUT2D eigenvalue weighted by atomic mass is 10.1. The number of nitrogens with zero attached hydrogens (tertiary/aromatic N) is 1. The molecule has 0 radical (unpaired) electrons. The van der Waals surface area contributed by atoms with Crippen LogP contribution in [0, 0.1) is 0 Å². The summed E-state index contributed by atoms with van der Waals surface area (Å²) in [5.41, 5.74) is 2.75. The van der Waals surface area contributed by atoms with E-state index < -0.39 is 0 Å². The SMILES string of the molecule is CCN1CCOCc2ccccc2C1. The Morgan fingerprint density at radius 3 is 2.86 bits per heavy atom. The fourth-order valence-corrected chi connectivity index (χ4v) is 1.82. The van der Waals surface area contributed by atoms with Crippen molar-refractivity contribution in [3.8, 4) is 0 Å². The molecule has 1 aromatic rings. The number of fused-ring (bicyclic) bond motifs is 1. The molecule has 1 aliphatic rings. The molecule has 2 nitrogen and oxygen atoms in total. The highest BCUT2D eigenvalue weighted by Crippen LogP contribution is 2.14. The van der Waals surface area contributed by atoms with Crippen LogP contribution in [0.2, 0.25) is 0 Å². The van der Waals surface area contributed by atoms with Gasteiger partial charge in [0.25, 0.3) is 0 Å². The Labute approximate surface area is 85.5 Å². The molecule has 0 aliphatic carbocycles. The zero-order valence-corrected chi connectivity index (χ0v) is 8.70. The van der Waals surface area contributed by atoms with E-state index in [-0.39, 0.29) is 0 Å². The van der Waals surface area contributed by atoms with Crippen LogP contribution in [0.25, 0.3) is 0 Å². The number of hydrogen-bond acceptors (Lipinski definition) is 2. The largest absolute Gasteiger partial charge is 0.375 e. The molecule has 1 aliphatic heterocycles. The van der Waals surface area contributed by atoms with E-state index in [1.54, 1.807) is 0 Å². The third kappa shape index (κ3) is 2.14. The number of benzene rings is 1. The first-order valence-corrected chi connectivity index (χ1v) is 5.27. The third-order valence-electron chi connectivity index (χ3n) is 2.77. The van der Waals surface area contributed by atoms with Crippen LogP contribution < -0.4 is 0 Å². The number of ether oxygens (including phenoxy) is 1. The first-order valence-electron chi connectivity index (χ1n) is 5.27. The second kappa shape index (κ2) is 4.58. The lowest BCUT2D eigenvalue weighted by Gasteiger charge is -2.24. The smallest absolute Gasteiger partial charge is 0.0720 e. The topological polar surface area (TPSA) is 12.5 Å². The molecule has 0 saturated carbocycles. The minimum absolute atomic E-state index is 0.772. The Kier molecular flexibility index (Phi) is 3.17. The van der Waals surface area contributed by atoms with Gasteiger partial charge in [0, 0.05) is 13.1 Å². The summed E-state index contributed by atoms with van der Waals surface area (Å²) in [7, 11) is 0. The molecule has 0 N–H and O–H groups in total. The van der Waals surface area contributed by atoms with Gasteiger partial charge in [-0.3, -0.25) is 4.90 Å². The summed E-state index contributed by atoms with van der Waals surface area (Å²) in [4.78, 5) is 2.41. The summed E-state index contributed by atoms with van der Waals surface area (Å²) in [6, 6.07) is 8.55. The average Bonchev–Trinajstić information content (AvgIpc) is 2.19. The third-order valence-corrected chi connectivity index (χ3v) is 2.77. The molecule has 0 amide bonds. The molecule has 0 spiro atoms. The highest BCUT2D eigenvalue weighted by molar-refractivity contribution is 5.26. The Bertz CT molecular complexity index is 298. The predicted octanol–water partition coefficient (Wildman–Crippen LogP) is 2.04. The maximum Gasteiger partial charge on any atom is 0.0720 e. The van der Waals surface area contributed by atoms with E-state index in [4.69, 9.17) is 4.74 Å². The molecule has 76 valence electrons. The minimum atomic E-state index is 0.772. The molecule has 2 heteroatoms. The van der Waals surface area contributed by atoms with Crippen LogP contribution in [0.15, 0.2) is 24.3 Å². The standard InChI is InChI=1S/C12H17NO/c1-2-13-7-8-14-10-12-6-4-3-5-11(12)9-13/h3-6H,2,7-10H2,1H3. The van der Waals surface area contributed by atoms with E-state index >= 15 is 0 Å². The molecule has 0 unspecified atom stereocenters. The van der Waals surface area contributed by atoms with Crippen LogP contribution in [0.4, 0.5) is 0 Å². The summed E-state index contributed by atoms with van der Waals surface area (Å²) in [5, 5.41) is 0. The molecule has 0 bridgehead atoms. The molecular weight excluding hydrogens is 174 g/mol. The molecule has 14 heavy (non-hydrogen) atoms. The van der Waals surface area contributed by atoms with E-state index in [2.05, 4.69) is 36.1 Å². The van der Waals surface area contributed by atoms with Crippen LogP contribution in [0.1, 0.15) is 18.1 Å². The number of rotatable bonds is 1. The molecule has 0 saturated heterocycles. The van der Waals surface area contributed by atoms with Gasteiger partial charge in [-0.05, 0) is 17.7 Å². The van der Waals surface area contributed by atoms with Gasteiger partial charge in [0.05, 0.1) is 13.2 Å². The summed E-state index contributed by atoms with van der Waals surface area (Å²) in [6.45, 7) is 7.03. The van der Waals surface area contributed by atoms with Crippen molar-refractivity contribution in [1.29, 1.82) is 0 Å². The van der Waals surface area contributed by atoms with E-state index in [0.717, 1.165) is 32.8 Å². The quantitative estimate of drug-likeness (QED) is 0.673. The Morgan fingerprint density at radius 1 is 1.29 bits per heavy atom. The lowest BCUT2D eigenvalue weighted by Crippen LogP contribution is -2.29. The maximum atomic E-state index is 5.59. The Hall–Kier alpha value is -0.860. The Morgan fingerprint density at radius 2 is 2.07 bits per heavy atom. The van der Waals surface area contributed by atoms with Crippen LogP contribution in [-0.2, 0) is 17.9 Å². The van der Waals surface area contributed by atoms with Crippen LogP contribution >= 0.6 is 0 Å². The van der Waals surface area contributed by atoms with E-state index in [1.165, 1.54) is 11.1 Å².